The van der Waals surface area contributed by atoms with E-state index in [9.17, 15) is 9.59 Å². The predicted octanol–water partition coefficient (Wildman–Crippen LogP) is 2.49. The molecular formula is C13H16N2O3S. The van der Waals surface area contributed by atoms with Crippen LogP contribution in [0, 0.1) is 0 Å². The van der Waals surface area contributed by atoms with Crippen LogP contribution in [0.25, 0.3) is 0 Å². The first kappa shape index (κ1) is 13.7. The first-order chi connectivity index (χ1) is 9.10. The number of thioether (sulfide) groups is 1. The lowest BCUT2D eigenvalue weighted by molar-refractivity contribution is -0.137. The molecule has 2 amide bonds. The average Bonchev–Trinajstić information content (AvgIpc) is 3.20. The molecule has 1 aliphatic carbocycles. The summed E-state index contributed by atoms with van der Waals surface area (Å²) < 4.78 is 0. The van der Waals surface area contributed by atoms with Crippen LogP contribution in [0.15, 0.2) is 29.2 Å². The van der Waals surface area contributed by atoms with E-state index in [1.165, 1.54) is 4.90 Å². The molecule has 0 heterocycles. The Kier molecular flexibility index (Phi) is 4.31. The van der Waals surface area contributed by atoms with Crippen LogP contribution in [-0.2, 0) is 4.79 Å². The Balaban J connectivity index is 2.03. The normalized spacial score (nSPS) is 13.9. The van der Waals surface area contributed by atoms with Gasteiger partial charge in [-0.25, -0.2) is 4.79 Å². The fourth-order valence-corrected chi connectivity index (χ4v) is 2.25. The van der Waals surface area contributed by atoms with Gasteiger partial charge in [0, 0.05) is 16.6 Å². The van der Waals surface area contributed by atoms with E-state index in [1.807, 2.05) is 24.5 Å². The van der Waals surface area contributed by atoms with Gasteiger partial charge in [0.25, 0.3) is 0 Å². The zero-order chi connectivity index (χ0) is 13.8. The molecule has 0 saturated heterocycles. The molecule has 1 aromatic carbocycles. The first-order valence-electron chi connectivity index (χ1n) is 6.03. The van der Waals surface area contributed by atoms with Crippen molar-refractivity contribution in [1.29, 1.82) is 0 Å². The molecule has 0 bridgehead atoms. The molecule has 6 heteroatoms. The minimum atomic E-state index is -0.986. The number of carboxylic acid groups (broad SMARTS) is 1. The highest BCUT2D eigenvalue weighted by Gasteiger charge is 2.33. The standard InChI is InChI=1S/C13H16N2O3S/c1-19-11-4-2-3-9(7-11)14-13(18)15(8-12(16)17)10-5-6-10/h2-4,7,10H,5-6,8H2,1H3,(H,14,18)(H,16,17). The Morgan fingerprint density at radius 1 is 1.47 bits per heavy atom. The predicted molar refractivity (Wildman–Crippen MR) is 74.6 cm³/mol. The van der Waals surface area contributed by atoms with Crippen LogP contribution in [0.4, 0.5) is 10.5 Å². The van der Waals surface area contributed by atoms with Crippen LogP contribution < -0.4 is 5.32 Å². The van der Waals surface area contributed by atoms with Crippen LogP contribution in [0.5, 0.6) is 0 Å². The zero-order valence-electron chi connectivity index (χ0n) is 10.6. The Morgan fingerprint density at radius 2 is 2.21 bits per heavy atom. The van der Waals surface area contributed by atoms with E-state index < -0.39 is 5.97 Å². The second-order valence-corrected chi connectivity index (χ2v) is 5.29. The number of hydrogen-bond donors (Lipinski definition) is 2. The summed E-state index contributed by atoms with van der Waals surface area (Å²) in [5.74, 6) is -0.986. The molecule has 0 radical (unpaired) electrons. The molecule has 1 aromatic rings. The summed E-state index contributed by atoms with van der Waals surface area (Å²) in [5.41, 5.74) is 0.688. The number of nitrogens with zero attached hydrogens (tertiary/aromatic N) is 1. The van der Waals surface area contributed by atoms with Gasteiger partial charge >= 0.3 is 12.0 Å². The maximum atomic E-state index is 12.1. The Labute approximate surface area is 116 Å². The highest BCUT2D eigenvalue weighted by molar-refractivity contribution is 7.98. The van der Waals surface area contributed by atoms with Crippen LogP contribution in [0.3, 0.4) is 0 Å². The Hall–Kier alpha value is -1.69. The van der Waals surface area contributed by atoms with E-state index in [1.54, 1.807) is 17.8 Å². The lowest BCUT2D eigenvalue weighted by Crippen LogP contribution is -2.40. The van der Waals surface area contributed by atoms with Crippen molar-refractivity contribution in [2.75, 3.05) is 18.1 Å². The number of rotatable bonds is 5. The number of anilines is 1. The number of urea groups is 1. The average molecular weight is 280 g/mol. The minimum absolute atomic E-state index is 0.0693. The molecule has 0 atom stereocenters. The van der Waals surface area contributed by atoms with Gasteiger partial charge in [-0.05, 0) is 37.3 Å². The summed E-state index contributed by atoms with van der Waals surface area (Å²) in [7, 11) is 0. The van der Waals surface area contributed by atoms with Crippen molar-refractivity contribution in [3.05, 3.63) is 24.3 Å². The van der Waals surface area contributed by atoms with E-state index in [0.717, 1.165) is 17.7 Å². The molecule has 102 valence electrons. The number of hydrogen-bond acceptors (Lipinski definition) is 3. The number of amides is 2. The van der Waals surface area contributed by atoms with Crippen molar-refractivity contribution in [3.8, 4) is 0 Å². The summed E-state index contributed by atoms with van der Waals surface area (Å²) in [6, 6.07) is 7.21. The quantitative estimate of drug-likeness (QED) is 0.813. The number of carboxylic acids is 1. The minimum Gasteiger partial charge on any atom is -0.480 e. The molecule has 0 aromatic heterocycles. The van der Waals surface area contributed by atoms with Crippen molar-refractivity contribution in [2.24, 2.45) is 0 Å². The van der Waals surface area contributed by atoms with Crippen molar-refractivity contribution >= 4 is 29.4 Å². The number of carbonyl (C=O) groups excluding carboxylic acids is 1. The third-order valence-corrected chi connectivity index (χ3v) is 3.60. The third-order valence-electron chi connectivity index (χ3n) is 2.88. The summed E-state index contributed by atoms with van der Waals surface area (Å²) in [6.07, 6.45) is 3.72. The smallest absolute Gasteiger partial charge is 0.323 e. The van der Waals surface area contributed by atoms with E-state index in [4.69, 9.17) is 5.11 Å². The lowest BCUT2D eigenvalue weighted by atomic mass is 10.3. The maximum Gasteiger partial charge on any atom is 0.323 e. The molecule has 2 N–H and O–H groups in total. The third kappa shape index (κ3) is 3.89. The SMILES string of the molecule is CSc1cccc(NC(=O)N(CC(=O)O)C2CC2)c1. The number of nitrogens with one attached hydrogen (secondary N) is 1. The molecule has 0 unspecified atom stereocenters. The van der Waals surface area contributed by atoms with Gasteiger partial charge in [0.15, 0.2) is 0 Å². The van der Waals surface area contributed by atoms with Gasteiger partial charge in [-0.1, -0.05) is 6.07 Å². The van der Waals surface area contributed by atoms with Gasteiger partial charge in [0.2, 0.25) is 0 Å². The van der Waals surface area contributed by atoms with E-state index in [-0.39, 0.29) is 18.6 Å². The number of aliphatic carboxylic acids is 1. The van der Waals surface area contributed by atoms with Crippen molar-refractivity contribution in [2.45, 2.75) is 23.8 Å². The van der Waals surface area contributed by atoms with Crippen molar-refractivity contribution in [3.63, 3.8) is 0 Å². The summed E-state index contributed by atoms with van der Waals surface area (Å²) >= 11 is 1.59. The van der Waals surface area contributed by atoms with Crippen LogP contribution in [0.2, 0.25) is 0 Å². The molecule has 5 nitrogen and oxygen atoms in total. The molecule has 19 heavy (non-hydrogen) atoms. The molecular weight excluding hydrogens is 264 g/mol. The monoisotopic (exact) mass is 280 g/mol. The van der Waals surface area contributed by atoms with Crippen molar-refractivity contribution < 1.29 is 14.7 Å². The molecule has 2 rings (SSSR count). The van der Waals surface area contributed by atoms with E-state index >= 15 is 0 Å². The van der Waals surface area contributed by atoms with Gasteiger partial charge in [-0.15, -0.1) is 11.8 Å². The highest BCUT2D eigenvalue weighted by atomic mass is 32.2. The molecule has 1 saturated carbocycles. The van der Waals surface area contributed by atoms with Gasteiger partial charge in [-0.2, -0.15) is 0 Å². The Bertz CT molecular complexity index is 489. The maximum absolute atomic E-state index is 12.1. The molecule has 0 spiro atoms. The zero-order valence-corrected chi connectivity index (χ0v) is 11.4. The lowest BCUT2D eigenvalue weighted by Gasteiger charge is -2.20. The number of carbonyl (C=O) groups is 2. The van der Waals surface area contributed by atoms with Gasteiger partial charge in [-0.3, -0.25) is 4.79 Å². The molecule has 0 aliphatic heterocycles. The number of benzene rings is 1. The van der Waals surface area contributed by atoms with Gasteiger partial charge < -0.3 is 15.3 Å². The van der Waals surface area contributed by atoms with E-state index in [2.05, 4.69) is 5.32 Å². The van der Waals surface area contributed by atoms with Crippen LogP contribution in [0.1, 0.15) is 12.8 Å². The Morgan fingerprint density at radius 3 is 2.79 bits per heavy atom. The topological polar surface area (TPSA) is 69.6 Å². The second-order valence-electron chi connectivity index (χ2n) is 4.41. The fourth-order valence-electron chi connectivity index (χ4n) is 1.79. The first-order valence-corrected chi connectivity index (χ1v) is 7.26. The van der Waals surface area contributed by atoms with Gasteiger partial charge in [0.1, 0.15) is 6.54 Å². The largest absolute Gasteiger partial charge is 0.480 e. The highest BCUT2D eigenvalue weighted by Crippen LogP contribution is 2.27. The summed E-state index contributed by atoms with van der Waals surface area (Å²) in [6.45, 7) is -0.251. The van der Waals surface area contributed by atoms with Crippen LogP contribution in [-0.4, -0.2) is 40.8 Å². The fraction of sp³-hybridized carbons (Fsp3) is 0.385. The molecule has 1 fully saturated rings. The van der Waals surface area contributed by atoms with Crippen LogP contribution >= 0.6 is 11.8 Å². The van der Waals surface area contributed by atoms with Crippen molar-refractivity contribution in [1.82, 2.24) is 4.90 Å². The summed E-state index contributed by atoms with van der Waals surface area (Å²) in [4.78, 5) is 25.3. The van der Waals surface area contributed by atoms with E-state index in [0.29, 0.717) is 5.69 Å². The summed E-state index contributed by atoms with van der Waals surface area (Å²) in [5, 5.41) is 11.6. The van der Waals surface area contributed by atoms with Gasteiger partial charge in [0.05, 0.1) is 0 Å². The molecule has 1 aliphatic rings. The second kappa shape index (κ2) is 5.97.